The monoisotopic (exact) mass is 281 g/mol. The lowest BCUT2D eigenvalue weighted by Gasteiger charge is -2.37. The summed E-state index contributed by atoms with van der Waals surface area (Å²) in [4.78, 5) is 1.85. The number of hydrogen-bond donors (Lipinski definition) is 1. The number of nitrogens with zero attached hydrogens (tertiary/aromatic N) is 1. The average Bonchev–Trinajstić information content (AvgIpc) is 2.39. The summed E-state index contributed by atoms with van der Waals surface area (Å²) >= 11 is 0. The van der Waals surface area contributed by atoms with Crippen molar-refractivity contribution < 1.29 is 13.0 Å². The molecule has 1 aromatic carbocycles. The van der Waals surface area contributed by atoms with Crippen LogP contribution >= 0.6 is 0 Å². The predicted molar refractivity (Wildman–Crippen MR) is 75.3 cm³/mol. The van der Waals surface area contributed by atoms with Gasteiger partial charge in [0.05, 0.1) is 0 Å². The van der Waals surface area contributed by atoms with Crippen LogP contribution < -0.4 is 0 Å². The fourth-order valence-corrected chi connectivity index (χ4v) is 3.62. The summed E-state index contributed by atoms with van der Waals surface area (Å²) in [5.74, 6) is 0. The molecule has 104 valence electrons. The minimum atomic E-state index is -4.06. The van der Waals surface area contributed by atoms with Crippen LogP contribution in [0.2, 0.25) is 0 Å². The van der Waals surface area contributed by atoms with Crippen LogP contribution in [-0.2, 0) is 10.1 Å². The second kappa shape index (κ2) is 5.86. The zero-order valence-corrected chi connectivity index (χ0v) is 11.8. The van der Waals surface area contributed by atoms with E-state index in [1.807, 2.05) is 41.3 Å². The molecule has 1 heterocycles. The molecular weight excluding hydrogens is 262 g/mol. The van der Waals surface area contributed by atoms with Crippen molar-refractivity contribution in [3.05, 3.63) is 48.0 Å². The smallest absolute Gasteiger partial charge is 0.281 e. The second-order valence-corrected chi connectivity index (χ2v) is 6.28. The third-order valence-corrected chi connectivity index (χ3v) is 4.78. The van der Waals surface area contributed by atoms with Crippen LogP contribution in [0.25, 0.3) is 0 Å². The van der Waals surface area contributed by atoms with E-state index >= 15 is 0 Å². The van der Waals surface area contributed by atoms with E-state index in [1.54, 1.807) is 6.92 Å². The highest BCUT2D eigenvalue weighted by Crippen LogP contribution is 2.31. The quantitative estimate of drug-likeness (QED) is 0.681. The van der Waals surface area contributed by atoms with E-state index in [0.29, 0.717) is 13.0 Å². The molecule has 1 aromatic rings. The Hall–Kier alpha value is -1.17. The Balaban J connectivity index is 2.34. The highest BCUT2D eigenvalue weighted by molar-refractivity contribution is 7.86. The van der Waals surface area contributed by atoms with Crippen molar-refractivity contribution in [2.45, 2.75) is 31.2 Å². The maximum atomic E-state index is 11.5. The fourth-order valence-electron chi connectivity index (χ4n) is 2.62. The maximum Gasteiger partial charge on any atom is 0.281 e. The Morgan fingerprint density at radius 3 is 2.58 bits per heavy atom. The van der Waals surface area contributed by atoms with Crippen molar-refractivity contribution in [2.24, 2.45) is 0 Å². The minimum absolute atomic E-state index is 0.00178. The Kier molecular flexibility index (Phi) is 4.39. The van der Waals surface area contributed by atoms with E-state index in [0.717, 1.165) is 12.0 Å². The van der Waals surface area contributed by atoms with Crippen molar-refractivity contribution in [1.82, 2.24) is 4.90 Å². The molecule has 0 spiro atoms. The van der Waals surface area contributed by atoms with Gasteiger partial charge in [-0.15, -0.1) is 0 Å². The molecule has 0 aliphatic carbocycles. The van der Waals surface area contributed by atoms with Gasteiger partial charge in [-0.1, -0.05) is 49.4 Å². The van der Waals surface area contributed by atoms with E-state index in [-0.39, 0.29) is 6.04 Å². The van der Waals surface area contributed by atoms with E-state index in [4.69, 9.17) is 0 Å². The summed E-state index contributed by atoms with van der Waals surface area (Å²) in [5, 5.41) is -0.845. The maximum absolute atomic E-state index is 11.5. The van der Waals surface area contributed by atoms with E-state index < -0.39 is 15.5 Å². The lowest BCUT2D eigenvalue weighted by molar-refractivity contribution is 0.177. The molecule has 2 rings (SSSR count). The van der Waals surface area contributed by atoms with Gasteiger partial charge in [0.25, 0.3) is 10.1 Å². The van der Waals surface area contributed by atoms with Crippen molar-refractivity contribution in [3.63, 3.8) is 0 Å². The molecule has 1 aliphatic rings. The van der Waals surface area contributed by atoms with Gasteiger partial charge >= 0.3 is 0 Å². The molecule has 0 aromatic heterocycles. The van der Waals surface area contributed by atoms with Crippen molar-refractivity contribution in [3.8, 4) is 0 Å². The van der Waals surface area contributed by atoms with Gasteiger partial charge in [-0.25, -0.2) is 0 Å². The van der Waals surface area contributed by atoms with Crippen molar-refractivity contribution in [2.75, 3.05) is 6.54 Å². The molecule has 1 N–H and O–H groups in total. The number of rotatable bonds is 4. The molecule has 19 heavy (non-hydrogen) atoms. The normalized spacial score (nSPS) is 22.3. The summed E-state index contributed by atoms with van der Waals surface area (Å²) < 4.78 is 32.5. The van der Waals surface area contributed by atoms with Crippen molar-refractivity contribution in [1.29, 1.82) is 0 Å². The summed E-state index contributed by atoms with van der Waals surface area (Å²) in [6, 6.07) is 9.81. The van der Waals surface area contributed by atoms with E-state index in [1.165, 1.54) is 0 Å². The van der Waals surface area contributed by atoms with Crippen molar-refractivity contribution >= 4 is 10.1 Å². The summed E-state index contributed by atoms with van der Waals surface area (Å²) in [7, 11) is -4.06. The highest BCUT2D eigenvalue weighted by Gasteiger charge is 2.34. The average molecular weight is 281 g/mol. The Bertz CT molecular complexity index is 539. The highest BCUT2D eigenvalue weighted by atomic mass is 32.2. The molecule has 1 aliphatic heterocycles. The number of benzene rings is 1. The van der Waals surface area contributed by atoms with Crippen LogP contribution in [-0.4, -0.2) is 29.8 Å². The lowest BCUT2D eigenvalue weighted by atomic mass is 9.99. The van der Waals surface area contributed by atoms with E-state index in [2.05, 4.69) is 6.08 Å². The Labute approximate surface area is 114 Å². The minimum Gasteiger partial charge on any atom is -0.284 e. The largest absolute Gasteiger partial charge is 0.284 e. The molecule has 0 saturated heterocycles. The molecule has 0 fully saturated rings. The standard InChI is InChI=1S/C14H19NO3S/c1-2-14(19(16,17)18)15-11-7-6-10-13(15)12-8-4-3-5-9-12/h3-9,13-14H,2,10-11H2,1H3,(H,16,17,18). The van der Waals surface area contributed by atoms with Gasteiger partial charge in [-0.05, 0) is 18.4 Å². The molecule has 0 bridgehead atoms. The molecule has 2 atom stereocenters. The molecule has 2 unspecified atom stereocenters. The fraction of sp³-hybridized carbons (Fsp3) is 0.429. The first-order valence-electron chi connectivity index (χ1n) is 6.46. The van der Waals surface area contributed by atoms with Crippen LogP contribution in [0, 0.1) is 0 Å². The molecule has 4 nitrogen and oxygen atoms in total. The van der Waals surface area contributed by atoms with Gasteiger partial charge < -0.3 is 0 Å². The van der Waals surface area contributed by atoms with Crippen LogP contribution in [0.4, 0.5) is 0 Å². The zero-order chi connectivity index (χ0) is 13.9. The van der Waals surface area contributed by atoms with E-state index in [9.17, 15) is 13.0 Å². The molecule has 0 saturated carbocycles. The molecular formula is C14H19NO3S. The summed E-state index contributed by atoms with van der Waals surface area (Å²) in [6.07, 6.45) is 5.14. The van der Waals surface area contributed by atoms with Crippen LogP contribution in [0.3, 0.4) is 0 Å². The third kappa shape index (κ3) is 3.23. The molecule has 0 amide bonds. The Morgan fingerprint density at radius 1 is 1.32 bits per heavy atom. The Morgan fingerprint density at radius 2 is 2.00 bits per heavy atom. The first-order valence-corrected chi connectivity index (χ1v) is 7.96. The van der Waals surface area contributed by atoms with Gasteiger partial charge in [0.2, 0.25) is 0 Å². The first kappa shape index (κ1) is 14.2. The molecule has 0 radical (unpaired) electrons. The van der Waals surface area contributed by atoms with Gasteiger partial charge in [-0.2, -0.15) is 8.42 Å². The lowest BCUT2D eigenvalue weighted by Crippen LogP contribution is -2.44. The number of hydrogen-bond acceptors (Lipinski definition) is 3. The zero-order valence-electron chi connectivity index (χ0n) is 10.9. The molecule has 5 heteroatoms. The van der Waals surface area contributed by atoms with Gasteiger partial charge in [0.1, 0.15) is 5.37 Å². The topological polar surface area (TPSA) is 57.6 Å². The van der Waals surface area contributed by atoms with Gasteiger partial charge in [-0.3, -0.25) is 9.45 Å². The summed E-state index contributed by atoms with van der Waals surface area (Å²) in [5.41, 5.74) is 1.08. The second-order valence-electron chi connectivity index (χ2n) is 4.71. The van der Waals surface area contributed by atoms with Gasteiger partial charge in [0, 0.05) is 12.6 Å². The first-order chi connectivity index (χ1) is 9.04. The van der Waals surface area contributed by atoms with Crippen LogP contribution in [0.15, 0.2) is 42.5 Å². The SMILES string of the molecule is CCC(N1CC=CCC1c1ccccc1)S(=O)(=O)O. The predicted octanol–water partition coefficient (Wildman–Crippen LogP) is 2.61. The van der Waals surface area contributed by atoms with Crippen LogP contribution in [0.1, 0.15) is 31.4 Å². The third-order valence-electron chi connectivity index (χ3n) is 3.49. The summed E-state index contributed by atoms with van der Waals surface area (Å²) in [6.45, 7) is 2.32. The van der Waals surface area contributed by atoms with Crippen LogP contribution in [0.5, 0.6) is 0 Å². The van der Waals surface area contributed by atoms with Gasteiger partial charge in [0.15, 0.2) is 0 Å².